The van der Waals surface area contributed by atoms with E-state index in [0.717, 1.165) is 24.8 Å². The molecule has 0 unspecified atom stereocenters. The molecular formula is C14H20N2O. The molecule has 0 bridgehead atoms. The number of carbonyl (C=O) groups excluding carboxylic acids is 1. The van der Waals surface area contributed by atoms with Crippen LogP contribution in [0.15, 0.2) is 30.3 Å². The van der Waals surface area contributed by atoms with Crippen molar-refractivity contribution in [2.75, 3.05) is 6.54 Å². The monoisotopic (exact) mass is 232 g/mol. The van der Waals surface area contributed by atoms with E-state index in [-0.39, 0.29) is 5.91 Å². The molecular weight excluding hydrogens is 212 g/mol. The van der Waals surface area contributed by atoms with Crippen molar-refractivity contribution in [2.24, 2.45) is 5.73 Å². The van der Waals surface area contributed by atoms with Gasteiger partial charge in [-0.15, -0.1) is 0 Å². The maximum absolute atomic E-state index is 12.3. The van der Waals surface area contributed by atoms with Crippen molar-refractivity contribution in [3.05, 3.63) is 35.9 Å². The van der Waals surface area contributed by atoms with Gasteiger partial charge in [0.2, 0.25) is 5.91 Å². The Morgan fingerprint density at radius 2 is 2.00 bits per heavy atom. The first-order valence-electron chi connectivity index (χ1n) is 6.28. The quantitative estimate of drug-likeness (QED) is 0.862. The zero-order valence-corrected chi connectivity index (χ0v) is 10.4. The molecule has 1 aliphatic carbocycles. The van der Waals surface area contributed by atoms with Gasteiger partial charge in [-0.25, -0.2) is 0 Å². The van der Waals surface area contributed by atoms with Gasteiger partial charge in [-0.1, -0.05) is 30.3 Å². The molecule has 0 heterocycles. The van der Waals surface area contributed by atoms with Crippen molar-refractivity contribution in [1.29, 1.82) is 0 Å². The van der Waals surface area contributed by atoms with E-state index in [2.05, 4.69) is 0 Å². The average Bonchev–Trinajstić information content (AvgIpc) is 2.33. The second-order valence-electron chi connectivity index (χ2n) is 4.81. The van der Waals surface area contributed by atoms with Crippen LogP contribution < -0.4 is 5.73 Å². The van der Waals surface area contributed by atoms with Crippen LogP contribution in [0, 0.1) is 0 Å². The average molecular weight is 232 g/mol. The van der Waals surface area contributed by atoms with E-state index in [9.17, 15) is 4.79 Å². The molecule has 1 fully saturated rings. The summed E-state index contributed by atoms with van der Waals surface area (Å²) in [5, 5.41) is 0. The van der Waals surface area contributed by atoms with Gasteiger partial charge in [-0.05, 0) is 31.7 Å². The highest BCUT2D eigenvalue weighted by Gasteiger charge is 2.42. The van der Waals surface area contributed by atoms with Crippen LogP contribution in [0.3, 0.4) is 0 Å². The normalized spacial score (nSPS) is 17.3. The number of nitrogens with zero attached hydrogens (tertiary/aromatic N) is 1. The topological polar surface area (TPSA) is 46.3 Å². The zero-order valence-electron chi connectivity index (χ0n) is 10.4. The lowest BCUT2D eigenvalue weighted by Gasteiger charge is -2.40. The van der Waals surface area contributed by atoms with E-state index in [1.165, 1.54) is 0 Å². The summed E-state index contributed by atoms with van der Waals surface area (Å²) in [5.74, 6) is 0.107. The molecule has 92 valence electrons. The molecule has 1 saturated carbocycles. The Labute approximate surface area is 103 Å². The van der Waals surface area contributed by atoms with E-state index < -0.39 is 5.54 Å². The Bertz CT molecular complexity index is 384. The number of amides is 1. The molecule has 0 spiro atoms. The molecule has 3 nitrogen and oxygen atoms in total. The fourth-order valence-electron chi connectivity index (χ4n) is 2.22. The van der Waals surface area contributed by atoms with Crippen molar-refractivity contribution in [3.8, 4) is 0 Å². The summed E-state index contributed by atoms with van der Waals surface area (Å²) in [6, 6.07) is 10.1. The largest absolute Gasteiger partial charge is 0.337 e. The lowest BCUT2D eigenvalue weighted by molar-refractivity contribution is -0.140. The molecule has 17 heavy (non-hydrogen) atoms. The molecule has 0 atom stereocenters. The van der Waals surface area contributed by atoms with Gasteiger partial charge in [0.25, 0.3) is 0 Å². The fourth-order valence-corrected chi connectivity index (χ4v) is 2.22. The van der Waals surface area contributed by atoms with Gasteiger partial charge in [-0.2, -0.15) is 0 Å². The smallest absolute Gasteiger partial charge is 0.242 e. The predicted molar refractivity (Wildman–Crippen MR) is 68.3 cm³/mol. The van der Waals surface area contributed by atoms with E-state index in [1.54, 1.807) is 0 Å². The van der Waals surface area contributed by atoms with Crippen LogP contribution in [-0.4, -0.2) is 22.9 Å². The maximum atomic E-state index is 12.3. The molecule has 1 aliphatic rings. The van der Waals surface area contributed by atoms with Crippen molar-refractivity contribution >= 4 is 5.91 Å². The second kappa shape index (κ2) is 4.88. The molecule has 1 aromatic rings. The van der Waals surface area contributed by atoms with Crippen LogP contribution in [0.1, 0.15) is 31.7 Å². The minimum Gasteiger partial charge on any atom is -0.337 e. The first-order valence-corrected chi connectivity index (χ1v) is 6.28. The third kappa shape index (κ3) is 2.50. The number of likely N-dealkylation sites (N-methyl/N-ethyl adjacent to an activating group) is 1. The van der Waals surface area contributed by atoms with Gasteiger partial charge in [0.1, 0.15) is 0 Å². The first kappa shape index (κ1) is 12.1. The second-order valence-corrected chi connectivity index (χ2v) is 4.81. The van der Waals surface area contributed by atoms with Crippen molar-refractivity contribution in [3.63, 3.8) is 0 Å². The van der Waals surface area contributed by atoms with Gasteiger partial charge in [0.15, 0.2) is 0 Å². The highest BCUT2D eigenvalue weighted by molar-refractivity contribution is 5.87. The van der Waals surface area contributed by atoms with Crippen LogP contribution in [0.25, 0.3) is 0 Å². The van der Waals surface area contributed by atoms with Crippen molar-refractivity contribution in [1.82, 2.24) is 4.90 Å². The number of nitrogens with two attached hydrogens (primary N) is 1. The molecule has 2 rings (SSSR count). The van der Waals surface area contributed by atoms with E-state index >= 15 is 0 Å². The molecule has 0 aliphatic heterocycles. The molecule has 1 aromatic carbocycles. The van der Waals surface area contributed by atoms with E-state index in [4.69, 9.17) is 5.73 Å². The number of benzene rings is 1. The van der Waals surface area contributed by atoms with Gasteiger partial charge in [0.05, 0.1) is 5.54 Å². The molecule has 1 amide bonds. The minimum absolute atomic E-state index is 0.107. The molecule has 0 saturated heterocycles. The summed E-state index contributed by atoms with van der Waals surface area (Å²) < 4.78 is 0. The van der Waals surface area contributed by atoms with Crippen LogP contribution in [0.4, 0.5) is 0 Å². The van der Waals surface area contributed by atoms with E-state index in [0.29, 0.717) is 13.1 Å². The highest BCUT2D eigenvalue weighted by Crippen LogP contribution is 2.31. The minimum atomic E-state index is -0.579. The lowest BCUT2D eigenvalue weighted by atomic mass is 9.76. The van der Waals surface area contributed by atoms with Gasteiger partial charge < -0.3 is 10.6 Å². The summed E-state index contributed by atoms with van der Waals surface area (Å²) in [7, 11) is 0. The third-order valence-corrected chi connectivity index (χ3v) is 3.56. The Hall–Kier alpha value is -1.35. The summed E-state index contributed by atoms with van der Waals surface area (Å²) in [5.41, 5.74) is 6.66. The van der Waals surface area contributed by atoms with Gasteiger partial charge in [0, 0.05) is 13.1 Å². The maximum Gasteiger partial charge on any atom is 0.242 e. The SMILES string of the molecule is CCN(Cc1ccccc1)C(=O)C1(N)CCC1. The van der Waals surface area contributed by atoms with Crippen LogP contribution in [-0.2, 0) is 11.3 Å². The number of hydrogen-bond acceptors (Lipinski definition) is 2. The summed E-state index contributed by atoms with van der Waals surface area (Å²) >= 11 is 0. The van der Waals surface area contributed by atoms with Crippen LogP contribution in [0.2, 0.25) is 0 Å². The first-order chi connectivity index (χ1) is 8.15. The summed E-state index contributed by atoms with van der Waals surface area (Å²) in [6.07, 6.45) is 2.74. The van der Waals surface area contributed by atoms with Crippen LogP contribution in [0.5, 0.6) is 0 Å². The predicted octanol–water partition coefficient (Wildman–Crippen LogP) is 1.92. The Morgan fingerprint density at radius 1 is 1.35 bits per heavy atom. The fraction of sp³-hybridized carbons (Fsp3) is 0.500. The zero-order chi connectivity index (χ0) is 12.3. The van der Waals surface area contributed by atoms with E-state index in [1.807, 2.05) is 42.2 Å². The molecule has 0 aromatic heterocycles. The number of carbonyl (C=O) groups is 1. The van der Waals surface area contributed by atoms with Crippen molar-refractivity contribution in [2.45, 2.75) is 38.3 Å². The third-order valence-electron chi connectivity index (χ3n) is 3.56. The number of rotatable bonds is 4. The lowest BCUT2D eigenvalue weighted by Crippen LogP contribution is -2.59. The summed E-state index contributed by atoms with van der Waals surface area (Å²) in [6.45, 7) is 3.38. The summed E-state index contributed by atoms with van der Waals surface area (Å²) in [4.78, 5) is 14.1. The standard InChI is InChI=1S/C14H20N2O/c1-2-16(11-12-7-4-3-5-8-12)13(17)14(15)9-6-10-14/h3-5,7-8H,2,6,9-11,15H2,1H3. The Kier molecular flexibility index (Phi) is 3.48. The Morgan fingerprint density at radius 3 is 2.47 bits per heavy atom. The van der Waals surface area contributed by atoms with Crippen molar-refractivity contribution < 1.29 is 4.79 Å². The number of hydrogen-bond donors (Lipinski definition) is 1. The Balaban J connectivity index is 2.04. The molecule has 0 radical (unpaired) electrons. The highest BCUT2D eigenvalue weighted by atomic mass is 16.2. The molecule has 2 N–H and O–H groups in total. The van der Waals surface area contributed by atoms with Crippen LogP contribution >= 0.6 is 0 Å². The van der Waals surface area contributed by atoms with Gasteiger partial charge >= 0.3 is 0 Å². The van der Waals surface area contributed by atoms with Gasteiger partial charge in [-0.3, -0.25) is 4.79 Å². The molecule has 3 heteroatoms.